The van der Waals surface area contributed by atoms with Gasteiger partial charge < -0.3 is 14.0 Å². The Labute approximate surface area is 167 Å². The Bertz CT molecular complexity index is 1410. The molecule has 0 amide bonds. The van der Waals surface area contributed by atoms with Crippen LogP contribution in [0.2, 0.25) is 0 Å². The van der Waals surface area contributed by atoms with Gasteiger partial charge in [0.1, 0.15) is 17.1 Å². The van der Waals surface area contributed by atoms with Crippen LogP contribution in [0.4, 0.5) is 0 Å². The Kier molecular flexibility index (Phi) is 3.57. The van der Waals surface area contributed by atoms with Crippen molar-refractivity contribution >= 4 is 38.4 Å². The van der Waals surface area contributed by atoms with Gasteiger partial charge in [0.25, 0.3) is 0 Å². The van der Waals surface area contributed by atoms with E-state index in [0.29, 0.717) is 33.4 Å². The zero-order valence-corrected chi connectivity index (χ0v) is 16.7. The number of fused-ring (bicyclic) bond motifs is 5. The number of methoxy groups -OCH3 is 1. The number of benzene rings is 3. The predicted octanol–water partition coefficient (Wildman–Crippen LogP) is 4.41. The average Bonchev–Trinajstić information content (AvgIpc) is 2.68. The minimum atomic E-state index is -0.727. The molecular weight excluding hydrogens is 366 g/mol. The fourth-order valence-corrected chi connectivity index (χ4v) is 4.30. The lowest BCUT2D eigenvalue weighted by Crippen LogP contribution is -2.37. The molecule has 29 heavy (non-hydrogen) atoms. The van der Waals surface area contributed by atoms with Crippen LogP contribution in [0.5, 0.6) is 11.5 Å². The van der Waals surface area contributed by atoms with E-state index in [2.05, 4.69) is 0 Å². The molecule has 1 aliphatic rings. The third-order valence-electron chi connectivity index (χ3n) is 5.58. The van der Waals surface area contributed by atoms with Crippen molar-refractivity contribution in [1.82, 2.24) is 4.57 Å². The summed E-state index contributed by atoms with van der Waals surface area (Å²) in [5, 5.41) is 3.00. The summed E-state index contributed by atoms with van der Waals surface area (Å²) in [5.41, 5.74) is 0.804. The summed E-state index contributed by atoms with van der Waals surface area (Å²) in [6.45, 7) is 3.66. The molecule has 3 aromatic carbocycles. The van der Waals surface area contributed by atoms with Crippen LogP contribution in [0.1, 0.15) is 24.2 Å². The minimum Gasteiger partial charge on any atom is -0.496 e. The highest BCUT2D eigenvalue weighted by Crippen LogP contribution is 2.41. The number of ether oxygens (including phenoxy) is 2. The monoisotopic (exact) mass is 386 g/mol. The highest BCUT2D eigenvalue weighted by molar-refractivity contribution is 6.17. The van der Waals surface area contributed by atoms with E-state index in [1.165, 1.54) is 7.11 Å². The Morgan fingerprint density at radius 2 is 1.72 bits per heavy atom. The van der Waals surface area contributed by atoms with Gasteiger partial charge >= 0.3 is 0 Å². The normalized spacial score (nSPS) is 15.5. The molecular formula is C24H20NO4. The minimum absolute atomic E-state index is 0.154. The van der Waals surface area contributed by atoms with Gasteiger partial charge in [-0.2, -0.15) is 0 Å². The summed E-state index contributed by atoms with van der Waals surface area (Å²) < 4.78 is 13.5. The van der Waals surface area contributed by atoms with Crippen molar-refractivity contribution < 1.29 is 14.3 Å². The van der Waals surface area contributed by atoms with E-state index in [9.17, 15) is 9.59 Å². The highest BCUT2D eigenvalue weighted by Gasteiger charge is 2.36. The molecule has 0 saturated carbocycles. The number of carbonyl (C=O) groups is 1. The number of rotatable bonds is 1. The second kappa shape index (κ2) is 5.83. The van der Waals surface area contributed by atoms with Crippen LogP contribution in [0, 0.1) is 6.42 Å². The number of hydrogen-bond acceptors (Lipinski definition) is 4. The SMILES string of the molecule is COc1cc2c(c3c1c(=O)c1cc4ccccc4cc1n3C)C(=O)[CH]C(C)(C)O2. The van der Waals surface area contributed by atoms with Crippen molar-refractivity contribution in [1.29, 1.82) is 0 Å². The second-order valence-corrected chi connectivity index (χ2v) is 7.99. The predicted molar refractivity (Wildman–Crippen MR) is 114 cm³/mol. The van der Waals surface area contributed by atoms with E-state index in [-0.39, 0.29) is 11.2 Å². The van der Waals surface area contributed by atoms with Crippen LogP contribution in [-0.4, -0.2) is 23.1 Å². The first-order chi connectivity index (χ1) is 13.8. The van der Waals surface area contributed by atoms with Crippen LogP contribution < -0.4 is 14.9 Å². The van der Waals surface area contributed by atoms with Gasteiger partial charge in [0, 0.05) is 18.5 Å². The topological polar surface area (TPSA) is 57.5 Å². The average molecular weight is 386 g/mol. The number of Topliss-reactive ketones (excluding diaryl/α,β-unsaturated/α-hetero) is 1. The molecule has 0 unspecified atom stereocenters. The molecule has 5 rings (SSSR count). The molecule has 0 fully saturated rings. The number of nitrogens with zero attached hydrogens (tertiary/aromatic N) is 1. The Morgan fingerprint density at radius 3 is 2.41 bits per heavy atom. The third-order valence-corrected chi connectivity index (χ3v) is 5.58. The van der Waals surface area contributed by atoms with Crippen LogP contribution in [0.3, 0.4) is 0 Å². The molecule has 5 nitrogen and oxygen atoms in total. The lowest BCUT2D eigenvalue weighted by atomic mass is 9.90. The van der Waals surface area contributed by atoms with Crippen LogP contribution in [-0.2, 0) is 7.05 Å². The maximum absolute atomic E-state index is 13.5. The van der Waals surface area contributed by atoms with Gasteiger partial charge in [-0.15, -0.1) is 0 Å². The number of aryl methyl sites for hydroxylation is 1. The maximum Gasteiger partial charge on any atom is 0.201 e. The molecule has 0 bridgehead atoms. The summed E-state index contributed by atoms with van der Waals surface area (Å²) in [6.07, 6.45) is 1.55. The van der Waals surface area contributed by atoms with E-state index in [1.54, 1.807) is 12.5 Å². The number of aromatic nitrogens is 1. The van der Waals surface area contributed by atoms with E-state index < -0.39 is 5.60 Å². The number of ketones is 1. The van der Waals surface area contributed by atoms with Crippen molar-refractivity contribution in [2.45, 2.75) is 19.4 Å². The standard InChI is InChI=1S/C24H20NO4/c1-24(2)12-17(26)20-19(29-24)11-18(28-4)21-22(20)25(3)16-10-14-8-6-5-7-13(14)9-15(16)23(21)27/h5-12H,1-4H3. The molecule has 145 valence electrons. The number of pyridine rings is 1. The van der Waals surface area contributed by atoms with Gasteiger partial charge in [-0.25, -0.2) is 0 Å². The van der Waals surface area contributed by atoms with Gasteiger partial charge in [0.2, 0.25) is 5.43 Å². The van der Waals surface area contributed by atoms with Crippen molar-refractivity contribution in [3.8, 4) is 11.5 Å². The van der Waals surface area contributed by atoms with E-state index in [4.69, 9.17) is 9.47 Å². The molecule has 1 radical (unpaired) electrons. The van der Waals surface area contributed by atoms with Crippen LogP contribution in [0.15, 0.2) is 47.3 Å². The van der Waals surface area contributed by atoms with Crippen LogP contribution >= 0.6 is 0 Å². The van der Waals surface area contributed by atoms with Gasteiger partial charge in [0.05, 0.1) is 35.5 Å². The van der Waals surface area contributed by atoms with Gasteiger partial charge in [0.15, 0.2) is 5.78 Å². The quantitative estimate of drug-likeness (QED) is 0.455. The lowest BCUT2D eigenvalue weighted by Gasteiger charge is -2.32. The first-order valence-corrected chi connectivity index (χ1v) is 9.46. The summed E-state index contributed by atoms with van der Waals surface area (Å²) in [6, 6.07) is 13.4. The summed E-state index contributed by atoms with van der Waals surface area (Å²) in [7, 11) is 3.39. The third kappa shape index (κ3) is 2.47. The fraction of sp³-hybridized carbons (Fsp3) is 0.208. The zero-order chi connectivity index (χ0) is 20.5. The second-order valence-electron chi connectivity index (χ2n) is 7.99. The van der Waals surface area contributed by atoms with Gasteiger partial charge in [-0.1, -0.05) is 24.3 Å². The summed E-state index contributed by atoms with van der Waals surface area (Å²) in [5.74, 6) is 0.681. The largest absolute Gasteiger partial charge is 0.496 e. The number of carbonyl (C=O) groups excluding carboxylic acids is 1. The molecule has 0 saturated heterocycles. The molecule has 0 N–H and O–H groups in total. The van der Waals surface area contributed by atoms with Gasteiger partial charge in [-0.05, 0) is 36.8 Å². The van der Waals surface area contributed by atoms with Crippen molar-refractivity contribution in [2.75, 3.05) is 7.11 Å². The molecule has 1 aliphatic heterocycles. The molecule has 1 aromatic heterocycles. The van der Waals surface area contributed by atoms with Crippen molar-refractivity contribution in [3.63, 3.8) is 0 Å². The summed E-state index contributed by atoms with van der Waals surface area (Å²) in [4.78, 5) is 26.6. The molecule has 4 aromatic rings. The van der Waals surface area contributed by atoms with Crippen LogP contribution in [0.25, 0.3) is 32.6 Å². The zero-order valence-electron chi connectivity index (χ0n) is 16.7. The lowest BCUT2D eigenvalue weighted by molar-refractivity contribution is 0.0840. The van der Waals surface area contributed by atoms with Crippen molar-refractivity contribution in [3.05, 3.63) is 64.7 Å². The maximum atomic E-state index is 13.5. The Morgan fingerprint density at radius 1 is 1.03 bits per heavy atom. The fourth-order valence-electron chi connectivity index (χ4n) is 4.30. The molecule has 5 heteroatoms. The number of hydrogen-bond donors (Lipinski definition) is 0. The smallest absolute Gasteiger partial charge is 0.201 e. The molecule has 0 spiro atoms. The molecule has 2 heterocycles. The van der Waals surface area contributed by atoms with E-state index in [0.717, 1.165) is 16.3 Å². The van der Waals surface area contributed by atoms with Gasteiger partial charge in [-0.3, -0.25) is 9.59 Å². The Balaban J connectivity index is 2.02. The Hall–Kier alpha value is -3.34. The van der Waals surface area contributed by atoms with Crippen molar-refractivity contribution in [2.24, 2.45) is 7.05 Å². The van der Waals surface area contributed by atoms with E-state index in [1.807, 2.05) is 61.9 Å². The first-order valence-electron chi connectivity index (χ1n) is 9.46. The first kappa shape index (κ1) is 17.7. The highest BCUT2D eigenvalue weighted by atomic mass is 16.5. The molecule has 0 aliphatic carbocycles. The summed E-state index contributed by atoms with van der Waals surface area (Å²) >= 11 is 0. The molecule has 0 atom stereocenters. The van der Waals surface area contributed by atoms with E-state index >= 15 is 0 Å².